The van der Waals surface area contributed by atoms with Crippen molar-refractivity contribution in [1.29, 1.82) is 0 Å². The van der Waals surface area contributed by atoms with E-state index in [0.29, 0.717) is 31.2 Å². The van der Waals surface area contributed by atoms with Crippen LogP contribution in [0.1, 0.15) is 71.5 Å². The molecule has 246 valence electrons. The molecule has 3 aliphatic rings. The molecule has 0 unspecified atom stereocenters. The molecule has 10 heteroatoms. The van der Waals surface area contributed by atoms with Gasteiger partial charge in [-0.1, -0.05) is 62.8 Å². The quantitative estimate of drug-likeness (QED) is 0.213. The summed E-state index contributed by atoms with van der Waals surface area (Å²) in [5.74, 6) is -3.41. The summed E-state index contributed by atoms with van der Waals surface area (Å²) in [6.07, 6.45) is 4.34. The maximum absolute atomic E-state index is 14.5. The fourth-order valence-electron chi connectivity index (χ4n) is 7.30. The van der Waals surface area contributed by atoms with Gasteiger partial charge in [0.1, 0.15) is 17.7 Å². The maximum atomic E-state index is 14.5. The largest absolute Gasteiger partial charge is 0.455 e. The summed E-state index contributed by atoms with van der Waals surface area (Å²) in [6.45, 7) is 15.2. The van der Waals surface area contributed by atoms with Gasteiger partial charge in [0.05, 0.1) is 37.1 Å². The van der Waals surface area contributed by atoms with Crippen LogP contribution in [0.3, 0.4) is 0 Å². The second-order valence-electron chi connectivity index (χ2n) is 12.8. The fourth-order valence-corrected chi connectivity index (χ4v) is 7.30. The summed E-state index contributed by atoms with van der Waals surface area (Å²) in [5.41, 5.74) is -0.519. The molecular formula is C35H49N3O7. The van der Waals surface area contributed by atoms with Gasteiger partial charge in [0.15, 0.2) is 0 Å². The molecule has 1 spiro atoms. The van der Waals surface area contributed by atoms with Crippen LogP contribution in [0.5, 0.6) is 0 Å². The van der Waals surface area contributed by atoms with E-state index in [1.807, 2.05) is 58.0 Å². The van der Waals surface area contributed by atoms with Crippen LogP contribution >= 0.6 is 0 Å². The van der Waals surface area contributed by atoms with Gasteiger partial charge in [0.2, 0.25) is 17.7 Å². The van der Waals surface area contributed by atoms with E-state index in [0.717, 1.165) is 0 Å². The topological polar surface area (TPSA) is 125 Å². The van der Waals surface area contributed by atoms with E-state index in [4.69, 9.17) is 9.47 Å². The Morgan fingerprint density at radius 1 is 1.20 bits per heavy atom. The van der Waals surface area contributed by atoms with Gasteiger partial charge in [-0.05, 0) is 44.6 Å². The van der Waals surface area contributed by atoms with Crippen molar-refractivity contribution >= 4 is 23.7 Å². The first-order chi connectivity index (χ1) is 21.6. The second-order valence-corrected chi connectivity index (χ2v) is 12.8. The number of ether oxygens (including phenoxy) is 2. The Morgan fingerprint density at radius 3 is 2.51 bits per heavy atom. The summed E-state index contributed by atoms with van der Waals surface area (Å²) in [7, 11) is 0. The van der Waals surface area contributed by atoms with E-state index in [9.17, 15) is 24.3 Å². The van der Waals surface area contributed by atoms with Crippen molar-refractivity contribution in [3.63, 3.8) is 0 Å². The van der Waals surface area contributed by atoms with Gasteiger partial charge in [-0.3, -0.25) is 19.2 Å². The van der Waals surface area contributed by atoms with E-state index < -0.39 is 47.7 Å². The van der Waals surface area contributed by atoms with Crippen molar-refractivity contribution in [2.75, 3.05) is 19.7 Å². The Labute approximate surface area is 266 Å². The number of esters is 1. The number of carbonyl (C=O) groups is 4. The highest BCUT2D eigenvalue weighted by atomic mass is 16.6. The van der Waals surface area contributed by atoms with E-state index in [2.05, 4.69) is 18.5 Å². The number of benzene rings is 1. The maximum Gasteiger partial charge on any atom is 0.313 e. The number of carbonyl (C=O) groups excluding carboxylic acids is 4. The number of likely N-dealkylation sites (tertiary alicyclic amines) is 1. The standard InChI is InChI=1S/C35H49N3O7/c1-7-10-16-28(40)36-20-27(24-14-12-11-13-15-24)44-34(43)29-26-17-18-35(45-26)30(29)32(41)38(25(21-39)23(6)9-3)31(35)33(42)37(19-8-2)22(4)5/h7-8,11-15,22-23,25-27,29-31,39H,1-2,9-10,16-21H2,3-6H3,(H,36,40)/t23-,25-,26+,27+,29-,30-,31+,35-/m0/s1. The van der Waals surface area contributed by atoms with E-state index in [1.165, 1.54) is 4.90 Å². The molecule has 8 atom stereocenters. The van der Waals surface area contributed by atoms with Crippen molar-refractivity contribution in [2.45, 2.75) is 95.7 Å². The Bertz CT molecular complexity index is 1250. The summed E-state index contributed by atoms with van der Waals surface area (Å²) in [5, 5.41) is 13.4. The van der Waals surface area contributed by atoms with Crippen LogP contribution in [-0.2, 0) is 28.7 Å². The first kappa shape index (κ1) is 34.4. The zero-order valence-corrected chi connectivity index (χ0v) is 27.0. The lowest BCUT2D eigenvalue weighted by Gasteiger charge is -2.41. The van der Waals surface area contributed by atoms with Crippen molar-refractivity contribution in [3.8, 4) is 0 Å². The van der Waals surface area contributed by atoms with Gasteiger partial charge in [0.25, 0.3) is 0 Å². The van der Waals surface area contributed by atoms with Gasteiger partial charge in [-0.25, -0.2) is 0 Å². The number of aliphatic hydroxyl groups is 1. The lowest BCUT2D eigenvalue weighted by Crippen LogP contribution is -2.60. The van der Waals surface area contributed by atoms with Crippen molar-refractivity contribution in [1.82, 2.24) is 15.1 Å². The van der Waals surface area contributed by atoms with Gasteiger partial charge < -0.3 is 29.7 Å². The molecule has 3 saturated heterocycles. The van der Waals surface area contributed by atoms with Crippen LogP contribution in [0.15, 0.2) is 55.6 Å². The summed E-state index contributed by atoms with van der Waals surface area (Å²) < 4.78 is 12.7. The second kappa shape index (κ2) is 14.7. The van der Waals surface area contributed by atoms with Crippen molar-refractivity contribution in [2.24, 2.45) is 17.8 Å². The van der Waals surface area contributed by atoms with E-state index in [-0.39, 0.29) is 55.8 Å². The number of amides is 3. The molecule has 45 heavy (non-hydrogen) atoms. The molecule has 10 nitrogen and oxygen atoms in total. The Kier molecular flexibility index (Phi) is 11.3. The predicted molar refractivity (Wildman–Crippen MR) is 170 cm³/mol. The Balaban J connectivity index is 1.69. The molecule has 0 saturated carbocycles. The lowest BCUT2D eigenvalue weighted by atomic mass is 9.70. The van der Waals surface area contributed by atoms with Crippen LogP contribution in [0, 0.1) is 17.8 Å². The molecule has 2 N–H and O–H groups in total. The highest BCUT2D eigenvalue weighted by Gasteiger charge is 2.76. The van der Waals surface area contributed by atoms with E-state index >= 15 is 0 Å². The van der Waals surface area contributed by atoms with Crippen LogP contribution < -0.4 is 5.32 Å². The minimum absolute atomic E-state index is 0.0620. The van der Waals surface area contributed by atoms with Crippen molar-refractivity contribution in [3.05, 3.63) is 61.2 Å². The number of hydrogen-bond donors (Lipinski definition) is 2. The van der Waals surface area contributed by atoms with Crippen LogP contribution in [0.2, 0.25) is 0 Å². The first-order valence-electron chi connectivity index (χ1n) is 16.2. The Hall–Kier alpha value is -3.50. The average Bonchev–Trinajstić information content (AvgIpc) is 3.68. The van der Waals surface area contributed by atoms with E-state index in [1.54, 1.807) is 17.1 Å². The average molecular weight is 624 g/mol. The molecular weight excluding hydrogens is 574 g/mol. The summed E-state index contributed by atoms with van der Waals surface area (Å²) in [6, 6.07) is 7.34. The minimum Gasteiger partial charge on any atom is -0.455 e. The zero-order chi connectivity index (χ0) is 32.9. The molecule has 2 bridgehead atoms. The number of aliphatic hydroxyl groups excluding tert-OH is 1. The lowest BCUT2D eigenvalue weighted by molar-refractivity contribution is -0.161. The van der Waals surface area contributed by atoms with Crippen molar-refractivity contribution < 1.29 is 33.8 Å². The number of nitrogens with one attached hydrogen (secondary N) is 1. The number of fused-ring (bicyclic) bond motifs is 1. The monoisotopic (exact) mass is 623 g/mol. The third kappa shape index (κ3) is 6.58. The SMILES string of the molecule is C=CCCC(=O)NC[C@@H](OC(=O)[C@@H]1[C@H]2C(=O)N([C@@H](CO)[C@@H](C)CC)[C@H](C(=O)N(CC=C)C(C)C)[C@]23CC[C@H]1O3)c1ccccc1. The smallest absolute Gasteiger partial charge is 0.313 e. The zero-order valence-electron chi connectivity index (χ0n) is 27.0. The Morgan fingerprint density at radius 2 is 1.91 bits per heavy atom. The number of allylic oxidation sites excluding steroid dienone is 1. The molecule has 1 aromatic rings. The van der Waals surface area contributed by atoms with Gasteiger partial charge in [-0.15, -0.1) is 13.2 Å². The molecule has 4 rings (SSSR count). The highest BCUT2D eigenvalue weighted by molar-refractivity contribution is 5.98. The molecule has 1 aromatic carbocycles. The van der Waals surface area contributed by atoms with Gasteiger partial charge >= 0.3 is 5.97 Å². The molecule has 0 aromatic heterocycles. The summed E-state index contributed by atoms with van der Waals surface area (Å²) >= 11 is 0. The van der Waals surface area contributed by atoms with Gasteiger partial charge in [0, 0.05) is 19.0 Å². The number of rotatable bonds is 16. The molecule has 0 aliphatic carbocycles. The van der Waals surface area contributed by atoms with Crippen LogP contribution in [0.25, 0.3) is 0 Å². The molecule has 3 aliphatic heterocycles. The molecule has 3 amide bonds. The number of hydrogen-bond acceptors (Lipinski definition) is 7. The molecule has 3 heterocycles. The predicted octanol–water partition coefficient (Wildman–Crippen LogP) is 3.56. The fraction of sp³-hybridized carbons (Fsp3) is 0.600. The third-order valence-corrected chi connectivity index (χ3v) is 9.81. The van der Waals surface area contributed by atoms with Crippen LogP contribution in [0.4, 0.5) is 0 Å². The minimum atomic E-state index is -1.22. The first-order valence-corrected chi connectivity index (χ1v) is 16.2. The third-order valence-electron chi connectivity index (χ3n) is 9.81. The highest BCUT2D eigenvalue weighted by Crippen LogP contribution is 2.59. The molecule has 0 radical (unpaired) electrons. The molecule has 3 fully saturated rings. The number of nitrogens with zero attached hydrogens (tertiary/aromatic N) is 2. The van der Waals surface area contributed by atoms with Crippen LogP contribution in [-0.4, -0.2) is 88.1 Å². The van der Waals surface area contributed by atoms with Gasteiger partial charge in [-0.2, -0.15) is 0 Å². The summed E-state index contributed by atoms with van der Waals surface area (Å²) in [4.78, 5) is 58.6. The normalized spacial score (nSPS) is 27.1.